The zero-order valence-electron chi connectivity index (χ0n) is 11.5. The highest BCUT2D eigenvalue weighted by atomic mass is 19.1. The number of hydrogen-bond acceptors (Lipinski definition) is 4. The molecule has 0 saturated heterocycles. The second-order valence-corrected chi connectivity index (χ2v) is 4.53. The predicted molar refractivity (Wildman–Crippen MR) is 76.1 cm³/mol. The summed E-state index contributed by atoms with van der Waals surface area (Å²) < 4.78 is 18.1. The first-order chi connectivity index (χ1) is 10.1. The minimum absolute atomic E-state index is 0.151. The van der Waals surface area contributed by atoms with Crippen LogP contribution in [-0.4, -0.2) is 18.2 Å². The molecule has 0 spiro atoms. The Kier molecular flexibility index (Phi) is 4.90. The lowest BCUT2D eigenvalue weighted by Crippen LogP contribution is -2.29. The first-order valence-electron chi connectivity index (χ1n) is 6.45. The molecule has 0 aliphatic rings. The molecule has 0 saturated carbocycles. The summed E-state index contributed by atoms with van der Waals surface area (Å²) >= 11 is 0. The zero-order valence-corrected chi connectivity index (χ0v) is 11.5. The summed E-state index contributed by atoms with van der Waals surface area (Å²) in [7, 11) is 1.25. The van der Waals surface area contributed by atoms with Crippen molar-refractivity contribution in [1.29, 1.82) is 0 Å². The Morgan fingerprint density at radius 3 is 2.67 bits per heavy atom. The second-order valence-electron chi connectivity index (χ2n) is 4.53. The third-order valence-electron chi connectivity index (χ3n) is 3.09. The van der Waals surface area contributed by atoms with Crippen molar-refractivity contribution in [3.05, 3.63) is 65.5 Å². The number of methoxy groups -OCH3 is 1. The molecule has 1 atom stereocenters. The Labute approximate surface area is 122 Å². The maximum Gasteiger partial charge on any atom is 0.327 e. The summed E-state index contributed by atoms with van der Waals surface area (Å²) in [5.74, 6) is -1.28. The molecule has 2 aromatic rings. The molecule has 5 heteroatoms. The lowest BCUT2D eigenvalue weighted by Gasteiger charge is -2.18. The van der Waals surface area contributed by atoms with Crippen LogP contribution in [0.25, 0.3) is 0 Å². The van der Waals surface area contributed by atoms with E-state index in [0.717, 1.165) is 17.7 Å². The predicted octanol–water partition coefficient (Wildman–Crippen LogP) is 2.54. The van der Waals surface area contributed by atoms with Crippen molar-refractivity contribution in [3.63, 3.8) is 0 Å². The summed E-state index contributed by atoms with van der Waals surface area (Å²) in [6.45, 7) is 0.385. The van der Waals surface area contributed by atoms with Gasteiger partial charge in [0.15, 0.2) is 0 Å². The summed E-state index contributed by atoms with van der Waals surface area (Å²) in [4.78, 5) is 11.9. The third kappa shape index (κ3) is 3.79. The minimum Gasteiger partial charge on any atom is -0.508 e. The van der Waals surface area contributed by atoms with Crippen LogP contribution < -0.4 is 5.32 Å². The largest absolute Gasteiger partial charge is 0.508 e. The van der Waals surface area contributed by atoms with Crippen LogP contribution in [-0.2, 0) is 16.1 Å². The fourth-order valence-corrected chi connectivity index (χ4v) is 2.01. The first kappa shape index (κ1) is 15.0. The molecule has 1 unspecified atom stereocenters. The van der Waals surface area contributed by atoms with Gasteiger partial charge in [0, 0.05) is 12.1 Å². The van der Waals surface area contributed by atoms with Gasteiger partial charge in [-0.25, -0.2) is 9.18 Å². The quantitative estimate of drug-likeness (QED) is 0.830. The van der Waals surface area contributed by atoms with Crippen LogP contribution in [0.1, 0.15) is 17.2 Å². The van der Waals surface area contributed by atoms with Gasteiger partial charge in [-0.2, -0.15) is 0 Å². The fraction of sp³-hybridized carbons (Fsp3) is 0.188. The van der Waals surface area contributed by atoms with E-state index < -0.39 is 17.8 Å². The fourth-order valence-electron chi connectivity index (χ4n) is 2.01. The molecular formula is C16H16FNO3. The van der Waals surface area contributed by atoms with Crippen LogP contribution in [0.15, 0.2) is 48.5 Å². The average molecular weight is 289 g/mol. The van der Waals surface area contributed by atoms with Crippen molar-refractivity contribution in [3.8, 4) is 5.75 Å². The lowest BCUT2D eigenvalue weighted by atomic mass is 10.0. The molecule has 21 heavy (non-hydrogen) atoms. The number of esters is 1. The van der Waals surface area contributed by atoms with E-state index in [9.17, 15) is 14.3 Å². The average Bonchev–Trinajstić information content (AvgIpc) is 2.51. The van der Waals surface area contributed by atoms with Gasteiger partial charge in [-0.3, -0.25) is 5.32 Å². The summed E-state index contributed by atoms with van der Waals surface area (Å²) in [6, 6.07) is 12.0. The van der Waals surface area contributed by atoms with Gasteiger partial charge >= 0.3 is 5.97 Å². The molecule has 2 aromatic carbocycles. The van der Waals surface area contributed by atoms with Gasteiger partial charge in [-0.1, -0.05) is 30.3 Å². The number of carbonyl (C=O) groups is 1. The van der Waals surface area contributed by atoms with Crippen molar-refractivity contribution in [1.82, 2.24) is 5.32 Å². The van der Waals surface area contributed by atoms with E-state index in [4.69, 9.17) is 4.74 Å². The molecule has 0 radical (unpaired) electrons. The maximum atomic E-state index is 13.3. The van der Waals surface area contributed by atoms with Gasteiger partial charge in [0.2, 0.25) is 0 Å². The number of ether oxygens (including phenoxy) is 1. The highest BCUT2D eigenvalue weighted by Crippen LogP contribution is 2.26. The summed E-state index contributed by atoms with van der Waals surface area (Å²) in [5.41, 5.74) is 1.11. The van der Waals surface area contributed by atoms with E-state index in [1.165, 1.54) is 13.2 Å². The van der Waals surface area contributed by atoms with Crippen LogP contribution in [0.5, 0.6) is 5.75 Å². The van der Waals surface area contributed by atoms with Gasteiger partial charge in [0.25, 0.3) is 0 Å². The normalized spacial score (nSPS) is 11.9. The Bertz CT molecular complexity index is 616. The minimum atomic E-state index is -0.939. The second kappa shape index (κ2) is 6.85. The molecule has 0 aliphatic heterocycles. The number of phenols is 1. The highest BCUT2D eigenvalue weighted by Gasteiger charge is 2.24. The number of benzene rings is 2. The molecule has 0 fully saturated rings. The number of aromatic hydroxyl groups is 1. The molecule has 0 aromatic heterocycles. The van der Waals surface area contributed by atoms with Crippen molar-refractivity contribution in [2.24, 2.45) is 0 Å². The third-order valence-corrected chi connectivity index (χ3v) is 3.09. The Balaban J connectivity index is 2.22. The van der Waals surface area contributed by atoms with Gasteiger partial charge in [0.05, 0.1) is 7.11 Å². The Morgan fingerprint density at radius 1 is 1.29 bits per heavy atom. The van der Waals surface area contributed by atoms with Crippen LogP contribution in [0.2, 0.25) is 0 Å². The van der Waals surface area contributed by atoms with Crippen molar-refractivity contribution < 1.29 is 19.0 Å². The maximum absolute atomic E-state index is 13.3. The van der Waals surface area contributed by atoms with E-state index in [2.05, 4.69) is 5.32 Å². The molecule has 2 rings (SSSR count). The van der Waals surface area contributed by atoms with Crippen LogP contribution >= 0.6 is 0 Å². The number of halogens is 1. The van der Waals surface area contributed by atoms with E-state index >= 15 is 0 Å². The zero-order chi connectivity index (χ0) is 15.2. The van der Waals surface area contributed by atoms with Gasteiger partial charge in [0.1, 0.15) is 17.6 Å². The summed E-state index contributed by atoms with van der Waals surface area (Å²) in [6.07, 6.45) is 0. The van der Waals surface area contributed by atoms with Crippen LogP contribution in [0.3, 0.4) is 0 Å². The van der Waals surface area contributed by atoms with E-state index in [1.807, 2.05) is 30.3 Å². The smallest absolute Gasteiger partial charge is 0.327 e. The van der Waals surface area contributed by atoms with E-state index in [1.54, 1.807) is 0 Å². The van der Waals surface area contributed by atoms with Crippen molar-refractivity contribution >= 4 is 5.97 Å². The SMILES string of the molecule is COC(=O)C(NCc1ccccc1)c1cc(F)ccc1O. The Hall–Kier alpha value is -2.40. The Morgan fingerprint density at radius 2 is 2.00 bits per heavy atom. The molecule has 4 nitrogen and oxygen atoms in total. The van der Waals surface area contributed by atoms with Crippen LogP contribution in [0, 0.1) is 5.82 Å². The van der Waals surface area contributed by atoms with E-state index in [0.29, 0.717) is 6.54 Å². The topological polar surface area (TPSA) is 58.6 Å². The van der Waals surface area contributed by atoms with Gasteiger partial charge in [-0.15, -0.1) is 0 Å². The van der Waals surface area contributed by atoms with Crippen molar-refractivity contribution in [2.75, 3.05) is 7.11 Å². The molecule has 0 heterocycles. The molecular weight excluding hydrogens is 273 g/mol. The van der Waals surface area contributed by atoms with Crippen molar-refractivity contribution in [2.45, 2.75) is 12.6 Å². The number of rotatable bonds is 5. The number of hydrogen-bond donors (Lipinski definition) is 2. The number of nitrogens with one attached hydrogen (secondary N) is 1. The molecule has 0 amide bonds. The summed E-state index contributed by atoms with van der Waals surface area (Å²) in [5, 5.41) is 12.8. The van der Waals surface area contributed by atoms with Gasteiger partial charge in [-0.05, 0) is 23.8 Å². The molecule has 0 bridgehead atoms. The number of carbonyl (C=O) groups excluding carboxylic acids is 1. The molecule has 0 aliphatic carbocycles. The first-order valence-corrected chi connectivity index (χ1v) is 6.45. The van der Waals surface area contributed by atoms with Crippen LogP contribution in [0.4, 0.5) is 4.39 Å². The van der Waals surface area contributed by atoms with Gasteiger partial charge < -0.3 is 9.84 Å². The standard InChI is InChI=1S/C16H16FNO3/c1-21-16(20)15(13-9-12(17)7-8-14(13)19)18-10-11-5-3-2-4-6-11/h2-9,15,18-19H,10H2,1H3. The molecule has 110 valence electrons. The monoisotopic (exact) mass is 289 g/mol. The molecule has 2 N–H and O–H groups in total. The van der Waals surface area contributed by atoms with E-state index in [-0.39, 0.29) is 11.3 Å². The highest BCUT2D eigenvalue weighted by molar-refractivity contribution is 5.78. The lowest BCUT2D eigenvalue weighted by molar-refractivity contribution is -0.143. The number of phenolic OH excluding ortho intramolecular Hbond substituents is 1.